The van der Waals surface area contributed by atoms with Crippen molar-refractivity contribution in [1.82, 2.24) is 24.5 Å². The highest BCUT2D eigenvalue weighted by Gasteiger charge is 2.23. The first-order valence-electron chi connectivity index (χ1n) is 8.27. The van der Waals surface area contributed by atoms with Crippen LogP contribution in [0.2, 0.25) is 0 Å². The van der Waals surface area contributed by atoms with E-state index in [1.807, 2.05) is 24.3 Å². The van der Waals surface area contributed by atoms with Crippen molar-refractivity contribution < 1.29 is 13.2 Å². The van der Waals surface area contributed by atoms with Crippen molar-refractivity contribution in [3.8, 4) is 17.0 Å². The van der Waals surface area contributed by atoms with Crippen molar-refractivity contribution in [3.05, 3.63) is 53.7 Å². The number of benzene rings is 1. The molecule has 0 atom stereocenters. The first kappa shape index (κ1) is 19.0. The van der Waals surface area contributed by atoms with Crippen molar-refractivity contribution in [1.29, 1.82) is 0 Å². The van der Waals surface area contributed by atoms with E-state index < -0.39 is 10.0 Å². The minimum absolute atomic E-state index is 0.0573. The molecule has 0 saturated heterocycles. The number of aryl methyl sites for hydroxylation is 2. The molecule has 3 aromatic rings. The Morgan fingerprint density at radius 2 is 1.85 bits per heavy atom. The Kier molecular flexibility index (Phi) is 5.24. The van der Waals surface area contributed by atoms with Gasteiger partial charge in [0, 0.05) is 12.6 Å². The molecule has 0 aliphatic heterocycles. The van der Waals surface area contributed by atoms with Crippen LogP contribution in [-0.4, -0.2) is 35.3 Å². The molecule has 0 aliphatic carbocycles. The zero-order chi connectivity index (χ0) is 19.6. The Morgan fingerprint density at radius 3 is 2.44 bits per heavy atom. The molecule has 0 fully saturated rings. The molecular weight excluding hydrogens is 366 g/mol. The molecule has 0 spiro atoms. The first-order valence-corrected chi connectivity index (χ1v) is 9.75. The fourth-order valence-corrected chi connectivity index (χ4v) is 4.23. The summed E-state index contributed by atoms with van der Waals surface area (Å²) in [4.78, 5) is 8.62. The maximum Gasteiger partial charge on any atom is 0.244 e. The lowest BCUT2D eigenvalue weighted by molar-refractivity contribution is 0.415. The van der Waals surface area contributed by atoms with Crippen LogP contribution in [0.15, 0.2) is 41.6 Å². The number of methoxy groups -OCH3 is 1. The number of nitrogens with one attached hydrogen (secondary N) is 1. The lowest BCUT2D eigenvalue weighted by Gasteiger charge is -2.08. The van der Waals surface area contributed by atoms with Crippen molar-refractivity contribution in [2.45, 2.75) is 25.3 Å². The summed E-state index contributed by atoms with van der Waals surface area (Å²) in [6, 6.07) is 9.21. The highest BCUT2D eigenvalue weighted by molar-refractivity contribution is 7.89. The van der Waals surface area contributed by atoms with Crippen LogP contribution < -0.4 is 9.46 Å². The Bertz CT molecular complexity index is 1060. The van der Waals surface area contributed by atoms with E-state index in [4.69, 9.17) is 4.74 Å². The van der Waals surface area contributed by atoms with E-state index in [0.29, 0.717) is 22.8 Å². The van der Waals surface area contributed by atoms with Gasteiger partial charge in [0.05, 0.1) is 36.4 Å². The van der Waals surface area contributed by atoms with E-state index in [9.17, 15) is 8.42 Å². The average Bonchev–Trinajstić information content (AvgIpc) is 2.93. The van der Waals surface area contributed by atoms with Gasteiger partial charge >= 0.3 is 0 Å². The lowest BCUT2D eigenvalue weighted by Crippen LogP contribution is -2.25. The second kappa shape index (κ2) is 7.45. The summed E-state index contributed by atoms with van der Waals surface area (Å²) in [6.45, 7) is 3.46. The SMILES string of the molecule is COc1ccc(-c2cc(CNS(=O)(=O)c3c(C)nn(C)c3C)ncn2)cc1. The van der Waals surface area contributed by atoms with Crippen LogP contribution in [0.5, 0.6) is 5.75 Å². The molecule has 1 N–H and O–H groups in total. The zero-order valence-electron chi connectivity index (χ0n) is 15.6. The molecule has 8 nitrogen and oxygen atoms in total. The number of hydrogen-bond donors (Lipinski definition) is 1. The highest BCUT2D eigenvalue weighted by atomic mass is 32.2. The molecule has 142 valence electrons. The Hall–Kier alpha value is -2.78. The minimum atomic E-state index is -3.70. The number of ether oxygens (including phenoxy) is 1. The summed E-state index contributed by atoms with van der Waals surface area (Å²) < 4.78 is 34.6. The second-order valence-electron chi connectivity index (χ2n) is 6.07. The predicted molar refractivity (Wildman–Crippen MR) is 101 cm³/mol. The average molecular weight is 387 g/mol. The van der Waals surface area contributed by atoms with Gasteiger partial charge in [-0.2, -0.15) is 5.10 Å². The third-order valence-electron chi connectivity index (χ3n) is 4.26. The monoisotopic (exact) mass is 387 g/mol. The lowest BCUT2D eigenvalue weighted by atomic mass is 10.1. The van der Waals surface area contributed by atoms with Gasteiger partial charge in [-0.3, -0.25) is 4.68 Å². The van der Waals surface area contributed by atoms with Gasteiger partial charge in [-0.1, -0.05) is 0 Å². The molecule has 0 aliphatic rings. The van der Waals surface area contributed by atoms with Crippen LogP contribution in [-0.2, 0) is 23.6 Å². The first-order chi connectivity index (χ1) is 12.8. The van der Waals surface area contributed by atoms with Crippen LogP contribution >= 0.6 is 0 Å². The standard InChI is InChI=1S/C18H21N5O3S/c1-12-18(13(2)23(3)22-12)27(24,25)21-10-15-9-17(20-11-19-15)14-5-7-16(26-4)8-6-14/h5-9,11,21H,10H2,1-4H3. The number of aromatic nitrogens is 4. The van der Waals surface area contributed by atoms with E-state index in [1.54, 1.807) is 38.8 Å². The number of sulfonamides is 1. The Labute approximate surface area is 158 Å². The predicted octanol–water partition coefficient (Wildman–Crippen LogP) is 1.98. The molecule has 0 saturated carbocycles. The van der Waals surface area contributed by atoms with Crippen LogP contribution in [0.3, 0.4) is 0 Å². The molecule has 2 heterocycles. The van der Waals surface area contributed by atoms with Crippen molar-refractivity contribution >= 4 is 10.0 Å². The van der Waals surface area contributed by atoms with Crippen LogP contribution in [0.4, 0.5) is 0 Å². The molecule has 0 radical (unpaired) electrons. The van der Waals surface area contributed by atoms with Crippen LogP contribution in [0.25, 0.3) is 11.3 Å². The van der Waals surface area contributed by atoms with Gasteiger partial charge in [0.2, 0.25) is 10.0 Å². The maximum atomic E-state index is 12.7. The van der Waals surface area contributed by atoms with Gasteiger partial charge in [-0.05, 0) is 44.2 Å². The molecule has 9 heteroatoms. The van der Waals surface area contributed by atoms with E-state index in [-0.39, 0.29) is 11.4 Å². The van der Waals surface area contributed by atoms with E-state index in [2.05, 4.69) is 19.8 Å². The van der Waals surface area contributed by atoms with Gasteiger partial charge in [0.25, 0.3) is 0 Å². The van der Waals surface area contributed by atoms with E-state index in [1.165, 1.54) is 6.33 Å². The van der Waals surface area contributed by atoms with Gasteiger partial charge < -0.3 is 4.74 Å². The molecule has 3 rings (SSSR count). The molecular formula is C18H21N5O3S. The largest absolute Gasteiger partial charge is 0.497 e. The van der Waals surface area contributed by atoms with Gasteiger partial charge in [-0.25, -0.2) is 23.1 Å². The Balaban J connectivity index is 1.80. The number of hydrogen-bond acceptors (Lipinski definition) is 6. The smallest absolute Gasteiger partial charge is 0.244 e. The van der Waals surface area contributed by atoms with Gasteiger partial charge in [0.15, 0.2) is 0 Å². The summed E-state index contributed by atoms with van der Waals surface area (Å²) in [7, 11) is -0.374. The molecule has 27 heavy (non-hydrogen) atoms. The summed E-state index contributed by atoms with van der Waals surface area (Å²) in [5.41, 5.74) is 3.21. The second-order valence-corrected chi connectivity index (χ2v) is 7.77. The third-order valence-corrected chi connectivity index (χ3v) is 5.92. The fraction of sp³-hybridized carbons (Fsp3) is 0.278. The maximum absolute atomic E-state index is 12.7. The summed E-state index contributed by atoms with van der Waals surface area (Å²) in [5, 5.41) is 4.16. The zero-order valence-corrected chi connectivity index (χ0v) is 16.4. The van der Waals surface area contributed by atoms with Crippen molar-refractivity contribution in [3.63, 3.8) is 0 Å². The van der Waals surface area contributed by atoms with Crippen LogP contribution in [0.1, 0.15) is 17.1 Å². The summed E-state index contributed by atoms with van der Waals surface area (Å²) in [5.74, 6) is 0.753. The normalized spacial score (nSPS) is 11.6. The number of rotatable bonds is 6. The van der Waals surface area contributed by atoms with E-state index in [0.717, 1.165) is 11.3 Å². The molecule has 1 aromatic carbocycles. The van der Waals surface area contributed by atoms with Crippen molar-refractivity contribution in [2.75, 3.05) is 7.11 Å². The highest BCUT2D eigenvalue weighted by Crippen LogP contribution is 2.21. The van der Waals surface area contributed by atoms with Crippen molar-refractivity contribution in [2.24, 2.45) is 7.05 Å². The quantitative estimate of drug-likeness (QED) is 0.694. The summed E-state index contributed by atoms with van der Waals surface area (Å²) in [6.07, 6.45) is 1.42. The third kappa shape index (κ3) is 3.99. The summed E-state index contributed by atoms with van der Waals surface area (Å²) >= 11 is 0. The van der Waals surface area contributed by atoms with E-state index >= 15 is 0 Å². The molecule has 0 amide bonds. The topological polar surface area (TPSA) is 99.0 Å². The fourth-order valence-electron chi connectivity index (χ4n) is 2.80. The van der Waals surface area contributed by atoms with Gasteiger partial charge in [0.1, 0.15) is 17.0 Å². The minimum Gasteiger partial charge on any atom is -0.497 e. The van der Waals surface area contributed by atoms with Gasteiger partial charge in [-0.15, -0.1) is 0 Å². The Morgan fingerprint density at radius 1 is 1.15 bits per heavy atom. The molecule has 2 aromatic heterocycles. The molecule has 0 bridgehead atoms. The number of nitrogens with zero attached hydrogens (tertiary/aromatic N) is 4. The van der Waals surface area contributed by atoms with Crippen LogP contribution in [0, 0.1) is 13.8 Å². The molecule has 0 unspecified atom stereocenters.